The third-order valence-electron chi connectivity index (χ3n) is 9.57. The van der Waals surface area contributed by atoms with E-state index in [0.717, 1.165) is 37.0 Å². The summed E-state index contributed by atoms with van der Waals surface area (Å²) in [6, 6.07) is 0. The molecule has 1 saturated carbocycles. The molecule has 0 aromatic heterocycles. The molecular formula is C27H43F. The van der Waals surface area contributed by atoms with E-state index in [1.54, 1.807) is 16.7 Å². The van der Waals surface area contributed by atoms with Crippen molar-refractivity contribution in [1.29, 1.82) is 0 Å². The summed E-state index contributed by atoms with van der Waals surface area (Å²) < 4.78 is 14.1. The van der Waals surface area contributed by atoms with Crippen LogP contribution in [0.5, 0.6) is 0 Å². The Kier molecular flexibility index (Phi) is 5.60. The Morgan fingerprint density at radius 1 is 1.04 bits per heavy atom. The lowest BCUT2D eigenvalue weighted by molar-refractivity contribution is 0.0637. The van der Waals surface area contributed by atoms with Crippen LogP contribution in [0.25, 0.3) is 0 Å². The molecule has 0 aromatic carbocycles. The van der Waals surface area contributed by atoms with Crippen LogP contribution in [0.2, 0.25) is 0 Å². The van der Waals surface area contributed by atoms with Gasteiger partial charge in [-0.1, -0.05) is 65.5 Å². The van der Waals surface area contributed by atoms with Crippen molar-refractivity contribution in [3.8, 4) is 0 Å². The van der Waals surface area contributed by atoms with Gasteiger partial charge in [0.05, 0.1) is 0 Å². The summed E-state index contributed by atoms with van der Waals surface area (Å²) in [5.41, 5.74) is 5.92. The number of rotatable bonds is 5. The van der Waals surface area contributed by atoms with Gasteiger partial charge in [0.1, 0.15) is 6.17 Å². The van der Waals surface area contributed by atoms with E-state index >= 15 is 0 Å². The van der Waals surface area contributed by atoms with Gasteiger partial charge in [-0.3, -0.25) is 0 Å². The highest BCUT2D eigenvalue weighted by Gasteiger charge is 2.52. The minimum absolute atomic E-state index is 0.291. The smallest absolute Gasteiger partial charge is 0.100 e. The molecule has 0 radical (unpaired) electrons. The predicted octanol–water partition coefficient (Wildman–Crippen LogP) is 8.43. The second kappa shape index (κ2) is 7.59. The Morgan fingerprint density at radius 2 is 1.82 bits per heavy atom. The molecule has 1 fully saturated rings. The summed E-state index contributed by atoms with van der Waals surface area (Å²) in [5.74, 6) is 3.08. The predicted molar refractivity (Wildman–Crippen MR) is 118 cm³/mol. The van der Waals surface area contributed by atoms with Gasteiger partial charge in [-0.05, 0) is 97.0 Å². The van der Waals surface area contributed by atoms with E-state index in [0.29, 0.717) is 16.7 Å². The largest absolute Gasteiger partial charge is 0.247 e. The molecule has 0 spiro atoms. The maximum atomic E-state index is 14.1. The molecule has 0 nitrogen and oxygen atoms in total. The van der Waals surface area contributed by atoms with E-state index < -0.39 is 6.17 Å². The lowest BCUT2D eigenvalue weighted by Gasteiger charge is -2.53. The Balaban J connectivity index is 1.54. The van der Waals surface area contributed by atoms with Crippen LogP contribution in [0, 0.1) is 34.5 Å². The standard InChI is InChI=1S/C27H43F/c1-18(2)7-6-8-19(3)23-11-12-24-22-10-9-20-17-21(28)13-15-26(20,4)25(22)14-16-27(23,24)5/h12,18-21,23H,6-11,13-17H2,1-5H3/t19-,20?,21-,23-,26+,27-/m1/s1. The van der Waals surface area contributed by atoms with E-state index in [2.05, 4.69) is 40.7 Å². The first kappa shape index (κ1) is 20.7. The average molecular weight is 387 g/mol. The minimum Gasteiger partial charge on any atom is -0.247 e. The first-order chi connectivity index (χ1) is 13.3. The van der Waals surface area contributed by atoms with Gasteiger partial charge >= 0.3 is 0 Å². The lowest BCUT2D eigenvalue weighted by Crippen LogP contribution is -2.43. The van der Waals surface area contributed by atoms with Crippen LogP contribution >= 0.6 is 0 Å². The molecule has 1 heteroatoms. The first-order valence-corrected chi connectivity index (χ1v) is 12.3. The third-order valence-corrected chi connectivity index (χ3v) is 9.57. The van der Waals surface area contributed by atoms with Crippen molar-refractivity contribution >= 4 is 0 Å². The fraction of sp³-hybridized carbons (Fsp3) is 0.852. The van der Waals surface area contributed by atoms with Gasteiger partial charge in [-0.2, -0.15) is 0 Å². The zero-order valence-electron chi connectivity index (χ0n) is 19.1. The van der Waals surface area contributed by atoms with Crippen molar-refractivity contribution in [3.63, 3.8) is 0 Å². The summed E-state index contributed by atoms with van der Waals surface area (Å²) in [6.07, 6.45) is 15.3. The first-order valence-electron chi connectivity index (χ1n) is 12.3. The van der Waals surface area contributed by atoms with E-state index in [9.17, 15) is 4.39 Å². The monoisotopic (exact) mass is 386 g/mol. The Labute approximate surface area is 173 Å². The normalized spacial score (nSPS) is 41.4. The van der Waals surface area contributed by atoms with Crippen molar-refractivity contribution in [2.75, 3.05) is 0 Å². The molecule has 0 bridgehead atoms. The molecule has 0 saturated heterocycles. The van der Waals surface area contributed by atoms with Crippen LogP contribution in [-0.4, -0.2) is 6.17 Å². The van der Waals surface area contributed by atoms with Gasteiger partial charge in [-0.25, -0.2) is 4.39 Å². The highest BCUT2D eigenvalue weighted by atomic mass is 19.1. The fourth-order valence-electron chi connectivity index (χ4n) is 7.75. The van der Waals surface area contributed by atoms with Gasteiger partial charge in [0, 0.05) is 0 Å². The van der Waals surface area contributed by atoms with Crippen LogP contribution in [0.4, 0.5) is 4.39 Å². The molecule has 4 aliphatic rings. The summed E-state index contributed by atoms with van der Waals surface area (Å²) in [4.78, 5) is 0. The fourth-order valence-corrected chi connectivity index (χ4v) is 7.75. The highest BCUT2D eigenvalue weighted by molar-refractivity contribution is 5.49. The molecule has 6 atom stereocenters. The number of fused-ring (bicyclic) bond motifs is 4. The summed E-state index contributed by atoms with van der Waals surface area (Å²) in [6.45, 7) is 12.3. The second-order valence-electron chi connectivity index (χ2n) is 11.7. The van der Waals surface area contributed by atoms with Gasteiger partial charge in [0.15, 0.2) is 0 Å². The quantitative estimate of drug-likeness (QED) is 0.444. The van der Waals surface area contributed by atoms with E-state index in [-0.39, 0.29) is 0 Å². The SMILES string of the molecule is CC(C)CCC[C@@H](C)[C@H]1CC=C2C3=C(CC[C@@]21C)[C@@]1(C)CC[C@@H](F)CC1CC3. The van der Waals surface area contributed by atoms with Crippen molar-refractivity contribution < 1.29 is 4.39 Å². The van der Waals surface area contributed by atoms with Crippen LogP contribution in [0.15, 0.2) is 22.8 Å². The summed E-state index contributed by atoms with van der Waals surface area (Å²) >= 11 is 0. The van der Waals surface area contributed by atoms with E-state index in [1.807, 2.05) is 0 Å². The zero-order valence-corrected chi connectivity index (χ0v) is 19.1. The average Bonchev–Trinajstić information content (AvgIpc) is 2.99. The topological polar surface area (TPSA) is 0 Å². The Hall–Kier alpha value is -0.590. The van der Waals surface area contributed by atoms with Crippen molar-refractivity contribution in [2.24, 2.45) is 34.5 Å². The number of halogens is 1. The molecule has 0 aromatic rings. The maximum Gasteiger partial charge on any atom is 0.100 e. The third kappa shape index (κ3) is 3.33. The van der Waals surface area contributed by atoms with Crippen molar-refractivity contribution in [1.82, 2.24) is 0 Å². The Bertz CT molecular complexity index is 655. The maximum absolute atomic E-state index is 14.1. The number of hydrogen-bond acceptors (Lipinski definition) is 0. The molecule has 0 N–H and O–H groups in total. The lowest BCUT2D eigenvalue weighted by atomic mass is 9.51. The minimum atomic E-state index is -0.546. The van der Waals surface area contributed by atoms with Crippen molar-refractivity contribution in [2.45, 2.75) is 111 Å². The highest BCUT2D eigenvalue weighted by Crippen LogP contribution is 2.64. The Morgan fingerprint density at radius 3 is 2.57 bits per heavy atom. The van der Waals surface area contributed by atoms with Crippen molar-refractivity contribution in [3.05, 3.63) is 22.8 Å². The molecule has 0 aliphatic heterocycles. The molecule has 0 amide bonds. The van der Waals surface area contributed by atoms with Gasteiger partial charge in [0.2, 0.25) is 0 Å². The van der Waals surface area contributed by atoms with E-state index in [4.69, 9.17) is 0 Å². The zero-order chi connectivity index (χ0) is 20.1. The summed E-state index contributed by atoms with van der Waals surface area (Å²) in [7, 11) is 0. The second-order valence-corrected chi connectivity index (χ2v) is 11.7. The molecule has 1 unspecified atom stereocenters. The van der Waals surface area contributed by atoms with Crippen LogP contribution < -0.4 is 0 Å². The summed E-state index contributed by atoms with van der Waals surface area (Å²) in [5, 5.41) is 0. The van der Waals surface area contributed by atoms with Crippen LogP contribution in [0.1, 0.15) is 105 Å². The van der Waals surface area contributed by atoms with E-state index in [1.165, 1.54) is 51.4 Å². The molecule has 158 valence electrons. The van der Waals surface area contributed by atoms with Crippen LogP contribution in [0.3, 0.4) is 0 Å². The molecule has 0 heterocycles. The number of allylic oxidation sites excluding steroid dienone is 4. The van der Waals surface area contributed by atoms with Gasteiger partial charge < -0.3 is 0 Å². The molecule has 28 heavy (non-hydrogen) atoms. The molecule has 4 aliphatic carbocycles. The van der Waals surface area contributed by atoms with Gasteiger partial charge in [-0.15, -0.1) is 0 Å². The molecule has 4 rings (SSSR count). The number of hydrogen-bond donors (Lipinski definition) is 0. The molecular weight excluding hydrogens is 343 g/mol. The van der Waals surface area contributed by atoms with Gasteiger partial charge in [0.25, 0.3) is 0 Å². The van der Waals surface area contributed by atoms with Crippen LogP contribution in [-0.2, 0) is 0 Å². The number of alkyl halides is 1.